The molecule has 0 saturated heterocycles. The molecule has 1 N–H and O–H groups in total. The number of hydrogen-bond donors (Lipinski definition) is 1. The summed E-state index contributed by atoms with van der Waals surface area (Å²) in [5, 5.41) is 3.47. The standard InChI is InChI=1S/C16H22N2O2/c1-12(2)20-16-14(6-4-8-17-16)11-18-13(3)10-15-7-5-9-19-15/h4-9,12-13,18H,10-11H2,1-3H3. The second kappa shape index (κ2) is 7.10. The molecule has 1 unspecified atom stereocenters. The van der Waals surface area contributed by atoms with Gasteiger partial charge in [-0.2, -0.15) is 0 Å². The molecule has 0 radical (unpaired) electrons. The van der Waals surface area contributed by atoms with E-state index in [9.17, 15) is 0 Å². The molecule has 1 atom stereocenters. The van der Waals surface area contributed by atoms with Gasteiger partial charge in [0.2, 0.25) is 5.88 Å². The first-order valence-corrected chi connectivity index (χ1v) is 7.01. The number of nitrogens with one attached hydrogen (secondary N) is 1. The molecule has 20 heavy (non-hydrogen) atoms. The molecule has 0 aliphatic rings. The summed E-state index contributed by atoms with van der Waals surface area (Å²) >= 11 is 0. The van der Waals surface area contributed by atoms with Gasteiger partial charge >= 0.3 is 0 Å². The van der Waals surface area contributed by atoms with Crippen molar-refractivity contribution in [2.45, 2.75) is 45.9 Å². The fraction of sp³-hybridized carbons (Fsp3) is 0.438. The number of rotatable bonds is 7. The van der Waals surface area contributed by atoms with Crippen molar-refractivity contribution in [2.24, 2.45) is 0 Å². The van der Waals surface area contributed by atoms with E-state index >= 15 is 0 Å². The maximum Gasteiger partial charge on any atom is 0.218 e. The highest BCUT2D eigenvalue weighted by molar-refractivity contribution is 5.25. The molecule has 0 aliphatic carbocycles. The molecule has 0 saturated carbocycles. The van der Waals surface area contributed by atoms with Crippen molar-refractivity contribution < 1.29 is 9.15 Å². The number of ether oxygens (including phenoxy) is 1. The van der Waals surface area contributed by atoms with E-state index in [0.29, 0.717) is 11.9 Å². The molecule has 0 aromatic carbocycles. The van der Waals surface area contributed by atoms with Crippen molar-refractivity contribution >= 4 is 0 Å². The van der Waals surface area contributed by atoms with E-state index in [0.717, 1.165) is 24.3 Å². The highest BCUT2D eigenvalue weighted by atomic mass is 16.5. The summed E-state index contributed by atoms with van der Waals surface area (Å²) in [6.45, 7) is 6.89. The van der Waals surface area contributed by atoms with Gasteiger partial charge in [-0.05, 0) is 39.0 Å². The highest BCUT2D eigenvalue weighted by Crippen LogP contribution is 2.16. The van der Waals surface area contributed by atoms with E-state index in [1.165, 1.54) is 0 Å². The van der Waals surface area contributed by atoms with E-state index in [1.807, 2.05) is 38.1 Å². The van der Waals surface area contributed by atoms with Crippen molar-refractivity contribution in [1.29, 1.82) is 0 Å². The molecular weight excluding hydrogens is 252 g/mol. The largest absolute Gasteiger partial charge is 0.475 e. The molecule has 2 aromatic heterocycles. The predicted molar refractivity (Wildman–Crippen MR) is 78.7 cm³/mol. The normalized spacial score (nSPS) is 12.6. The second-order valence-corrected chi connectivity index (χ2v) is 5.20. The minimum Gasteiger partial charge on any atom is -0.475 e. The quantitative estimate of drug-likeness (QED) is 0.842. The molecule has 0 bridgehead atoms. The zero-order valence-electron chi connectivity index (χ0n) is 12.3. The lowest BCUT2D eigenvalue weighted by Crippen LogP contribution is -2.27. The van der Waals surface area contributed by atoms with E-state index in [2.05, 4.69) is 17.2 Å². The zero-order chi connectivity index (χ0) is 14.4. The van der Waals surface area contributed by atoms with Crippen LogP contribution in [0.5, 0.6) is 5.88 Å². The Morgan fingerprint density at radius 2 is 2.10 bits per heavy atom. The number of pyridine rings is 1. The molecule has 0 spiro atoms. The van der Waals surface area contributed by atoms with E-state index in [-0.39, 0.29) is 6.10 Å². The molecular formula is C16H22N2O2. The molecule has 0 aliphatic heterocycles. The summed E-state index contributed by atoms with van der Waals surface area (Å²) < 4.78 is 11.1. The van der Waals surface area contributed by atoms with Crippen molar-refractivity contribution in [3.05, 3.63) is 48.0 Å². The molecule has 4 heteroatoms. The van der Waals surface area contributed by atoms with Crippen LogP contribution >= 0.6 is 0 Å². The van der Waals surface area contributed by atoms with Gasteiger partial charge in [0.05, 0.1) is 12.4 Å². The van der Waals surface area contributed by atoms with Crippen LogP contribution in [0.2, 0.25) is 0 Å². The molecule has 2 rings (SSSR count). The lowest BCUT2D eigenvalue weighted by Gasteiger charge is -2.16. The predicted octanol–water partition coefficient (Wildman–Crippen LogP) is 3.18. The Morgan fingerprint density at radius 1 is 1.25 bits per heavy atom. The monoisotopic (exact) mass is 274 g/mol. The van der Waals surface area contributed by atoms with Crippen LogP contribution in [0.15, 0.2) is 41.1 Å². The lowest BCUT2D eigenvalue weighted by molar-refractivity contribution is 0.229. The van der Waals surface area contributed by atoms with Crippen LogP contribution < -0.4 is 10.1 Å². The minimum atomic E-state index is 0.129. The summed E-state index contributed by atoms with van der Waals surface area (Å²) in [7, 11) is 0. The first-order valence-electron chi connectivity index (χ1n) is 7.01. The Kier molecular flexibility index (Phi) is 5.18. The third-order valence-corrected chi connectivity index (χ3v) is 2.93. The van der Waals surface area contributed by atoms with Gasteiger partial charge in [-0.1, -0.05) is 6.07 Å². The Morgan fingerprint density at radius 3 is 2.80 bits per heavy atom. The van der Waals surface area contributed by atoms with Gasteiger partial charge in [-0.3, -0.25) is 0 Å². The maximum absolute atomic E-state index is 5.71. The summed E-state index contributed by atoms with van der Waals surface area (Å²) in [6, 6.07) is 8.21. The van der Waals surface area contributed by atoms with Crippen molar-refractivity contribution in [2.75, 3.05) is 0 Å². The smallest absolute Gasteiger partial charge is 0.218 e. The maximum atomic E-state index is 5.71. The highest BCUT2D eigenvalue weighted by Gasteiger charge is 2.09. The van der Waals surface area contributed by atoms with Crippen molar-refractivity contribution in [1.82, 2.24) is 10.3 Å². The van der Waals surface area contributed by atoms with Gasteiger partial charge in [0.25, 0.3) is 0 Å². The third-order valence-electron chi connectivity index (χ3n) is 2.93. The SMILES string of the molecule is CC(Cc1ccco1)NCc1cccnc1OC(C)C. The van der Waals surface area contributed by atoms with Crippen LogP contribution in [-0.2, 0) is 13.0 Å². The fourth-order valence-corrected chi connectivity index (χ4v) is 1.97. The van der Waals surface area contributed by atoms with Gasteiger partial charge in [-0.15, -0.1) is 0 Å². The first kappa shape index (κ1) is 14.6. The van der Waals surface area contributed by atoms with Gasteiger partial charge in [-0.25, -0.2) is 4.98 Å². The van der Waals surface area contributed by atoms with Crippen LogP contribution in [0.3, 0.4) is 0 Å². The number of hydrogen-bond acceptors (Lipinski definition) is 4. The zero-order valence-corrected chi connectivity index (χ0v) is 12.3. The molecule has 2 heterocycles. The van der Waals surface area contributed by atoms with Crippen molar-refractivity contribution in [3.63, 3.8) is 0 Å². The first-order chi connectivity index (χ1) is 9.65. The Hall–Kier alpha value is -1.81. The van der Waals surface area contributed by atoms with E-state index in [1.54, 1.807) is 12.5 Å². The molecule has 2 aromatic rings. The summed E-state index contributed by atoms with van der Waals surface area (Å²) in [5.74, 6) is 1.70. The van der Waals surface area contributed by atoms with E-state index in [4.69, 9.17) is 9.15 Å². The lowest BCUT2D eigenvalue weighted by atomic mass is 10.2. The van der Waals surface area contributed by atoms with Gasteiger partial charge < -0.3 is 14.5 Å². The van der Waals surface area contributed by atoms with Crippen molar-refractivity contribution in [3.8, 4) is 5.88 Å². The van der Waals surface area contributed by atoms with Crippen LogP contribution in [-0.4, -0.2) is 17.1 Å². The summed E-state index contributed by atoms with van der Waals surface area (Å²) in [5.41, 5.74) is 1.08. The Bertz CT molecular complexity index is 509. The molecule has 108 valence electrons. The fourth-order valence-electron chi connectivity index (χ4n) is 1.97. The van der Waals surface area contributed by atoms with Gasteiger partial charge in [0.15, 0.2) is 0 Å². The molecule has 4 nitrogen and oxygen atoms in total. The third kappa shape index (κ3) is 4.38. The molecule has 0 amide bonds. The topological polar surface area (TPSA) is 47.3 Å². The molecule has 0 fully saturated rings. The minimum absolute atomic E-state index is 0.129. The summed E-state index contributed by atoms with van der Waals surface area (Å²) in [4.78, 5) is 4.29. The average Bonchev–Trinajstić information content (AvgIpc) is 2.90. The number of aromatic nitrogens is 1. The van der Waals surface area contributed by atoms with Gasteiger partial charge in [0, 0.05) is 30.8 Å². The van der Waals surface area contributed by atoms with Crippen LogP contribution in [0.1, 0.15) is 32.1 Å². The Balaban J connectivity index is 1.90. The van der Waals surface area contributed by atoms with Crippen LogP contribution in [0.4, 0.5) is 0 Å². The summed E-state index contributed by atoms with van der Waals surface area (Å²) in [6.07, 6.45) is 4.46. The number of nitrogens with zero attached hydrogens (tertiary/aromatic N) is 1. The number of furan rings is 1. The van der Waals surface area contributed by atoms with Crippen LogP contribution in [0.25, 0.3) is 0 Å². The van der Waals surface area contributed by atoms with E-state index < -0.39 is 0 Å². The Labute approximate surface area is 120 Å². The average molecular weight is 274 g/mol. The van der Waals surface area contributed by atoms with Gasteiger partial charge in [0.1, 0.15) is 5.76 Å². The second-order valence-electron chi connectivity index (χ2n) is 5.20. The van der Waals surface area contributed by atoms with Crippen LogP contribution in [0, 0.1) is 0 Å².